The zero-order chi connectivity index (χ0) is 13.0. The van der Waals surface area contributed by atoms with Gasteiger partial charge in [-0.2, -0.15) is 0 Å². The van der Waals surface area contributed by atoms with E-state index in [2.05, 4.69) is 15.3 Å². The highest BCUT2D eigenvalue weighted by atomic mass is 35.5. The normalized spacial score (nSPS) is 11.9. The van der Waals surface area contributed by atoms with Gasteiger partial charge in [0.2, 0.25) is 5.91 Å². The Kier molecular flexibility index (Phi) is 3.89. The SMILES string of the molecule is CC(C(=O)Nc1cc(Cl)ncn1)c1ccccc1. The molecule has 0 saturated heterocycles. The van der Waals surface area contributed by atoms with Crippen LogP contribution in [0.2, 0.25) is 5.15 Å². The van der Waals surface area contributed by atoms with Crippen LogP contribution in [0.4, 0.5) is 5.82 Å². The highest BCUT2D eigenvalue weighted by Gasteiger charge is 2.15. The molecule has 18 heavy (non-hydrogen) atoms. The molecule has 92 valence electrons. The third-order valence-electron chi connectivity index (χ3n) is 2.58. The van der Waals surface area contributed by atoms with Crippen LogP contribution < -0.4 is 5.32 Å². The van der Waals surface area contributed by atoms with Crippen LogP contribution in [0.3, 0.4) is 0 Å². The van der Waals surface area contributed by atoms with Crippen molar-refractivity contribution < 1.29 is 4.79 Å². The summed E-state index contributed by atoms with van der Waals surface area (Å²) in [6.45, 7) is 1.84. The first-order valence-electron chi connectivity index (χ1n) is 5.50. The lowest BCUT2D eigenvalue weighted by Gasteiger charge is -2.11. The molecule has 1 unspecified atom stereocenters. The van der Waals surface area contributed by atoms with Gasteiger partial charge in [0.25, 0.3) is 0 Å². The second kappa shape index (κ2) is 5.60. The summed E-state index contributed by atoms with van der Waals surface area (Å²) in [5.41, 5.74) is 0.954. The van der Waals surface area contributed by atoms with Crippen molar-refractivity contribution in [3.8, 4) is 0 Å². The highest BCUT2D eigenvalue weighted by Crippen LogP contribution is 2.17. The first kappa shape index (κ1) is 12.5. The summed E-state index contributed by atoms with van der Waals surface area (Å²) < 4.78 is 0. The standard InChI is InChI=1S/C13H12ClN3O/c1-9(10-5-3-2-4-6-10)13(18)17-12-7-11(14)15-8-16-12/h2-9H,1H3,(H,15,16,17,18). The minimum Gasteiger partial charge on any atom is -0.310 e. The number of halogens is 1. The fourth-order valence-electron chi connectivity index (χ4n) is 1.53. The van der Waals surface area contributed by atoms with Crippen LogP contribution in [0, 0.1) is 0 Å². The lowest BCUT2D eigenvalue weighted by Crippen LogP contribution is -2.19. The van der Waals surface area contributed by atoms with Crippen LogP contribution >= 0.6 is 11.6 Å². The molecule has 0 fully saturated rings. The van der Waals surface area contributed by atoms with Crippen LogP contribution in [0.5, 0.6) is 0 Å². The topological polar surface area (TPSA) is 54.9 Å². The molecule has 0 radical (unpaired) electrons. The molecule has 1 heterocycles. The Hall–Kier alpha value is -1.94. The smallest absolute Gasteiger partial charge is 0.232 e. The third-order valence-corrected chi connectivity index (χ3v) is 2.78. The Bertz CT molecular complexity index is 545. The molecule has 1 aromatic carbocycles. The number of amides is 1. The van der Waals surface area contributed by atoms with Crippen molar-refractivity contribution in [1.29, 1.82) is 0 Å². The molecule has 0 aliphatic heterocycles. The molecular formula is C13H12ClN3O. The van der Waals surface area contributed by atoms with E-state index in [-0.39, 0.29) is 11.8 Å². The largest absolute Gasteiger partial charge is 0.310 e. The van der Waals surface area contributed by atoms with E-state index in [1.54, 1.807) is 0 Å². The number of carbonyl (C=O) groups excluding carboxylic acids is 1. The van der Waals surface area contributed by atoms with Gasteiger partial charge in [-0.15, -0.1) is 0 Å². The van der Waals surface area contributed by atoms with Gasteiger partial charge in [0, 0.05) is 6.07 Å². The van der Waals surface area contributed by atoms with E-state index in [9.17, 15) is 4.79 Å². The molecule has 0 spiro atoms. The summed E-state index contributed by atoms with van der Waals surface area (Å²) in [5, 5.41) is 3.01. The van der Waals surface area contributed by atoms with Gasteiger partial charge in [-0.3, -0.25) is 4.79 Å². The molecule has 4 nitrogen and oxygen atoms in total. The van der Waals surface area contributed by atoms with Gasteiger partial charge in [0.15, 0.2) is 0 Å². The molecule has 5 heteroatoms. The van der Waals surface area contributed by atoms with E-state index in [0.717, 1.165) is 5.56 Å². The number of hydrogen-bond acceptors (Lipinski definition) is 3. The van der Waals surface area contributed by atoms with Crippen LogP contribution in [-0.4, -0.2) is 15.9 Å². The summed E-state index contributed by atoms with van der Waals surface area (Å²) >= 11 is 5.72. The number of hydrogen-bond donors (Lipinski definition) is 1. The summed E-state index contributed by atoms with van der Waals surface area (Å²) in [6, 6.07) is 11.1. The lowest BCUT2D eigenvalue weighted by molar-refractivity contribution is -0.117. The maximum absolute atomic E-state index is 12.0. The number of benzene rings is 1. The maximum Gasteiger partial charge on any atom is 0.232 e. The molecule has 1 amide bonds. The van der Waals surface area contributed by atoms with Crippen LogP contribution in [0.15, 0.2) is 42.7 Å². The zero-order valence-corrected chi connectivity index (χ0v) is 10.6. The Morgan fingerprint density at radius 3 is 2.67 bits per heavy atom. The average Bonchev–Trinajstić information content (AvgIpc) is 2.39. The number of rotatable bonds is 3. The molecule has 0 aliphatic carbocycles. The summed E-state index contributed by atoms with van der Waals surface area (Å²) in [7, 11) is 0. The quantitative estimate of drug-likeness (QED) is 0.865. The Morgan fingerprint density at radius 1 is 1.28 bits per heavy atom. The van der Waals surface area contributed by atoms with Gasteiger partial charge in [-0.25, -0.2) is 9.97 Å². The fourth-order valence-corrected chi connectivity index (χ4v) is 1.68. The summed E-state index contributed by atoms with van der Waals surface area (Å²) in [5.74, 6) is 0.0266. The molecule has 1 aromatic heterocycles. The second-order valence-corrected chi connectivity index (χ2v) is 4.23. The number of aromatic nitrogens is 2. The summed E-state index contributed by atoms with van der Waals surface area (Å²) in [6.07, 6.45) is 1.31. The first-order chi connectivity index (χ1) is 8.66. The van der Waals surface area contributed by atoms with E-state index < -0.39 is 0 Å². The number of carbonyl (C=O) groups is 1. The van der Waals surface area contributed by atoms with Gasteiger partial charge in [-0.1, -0.05) is 41.9 Å². The predicted molar refractivity (Wildman–Crippen MR) is 70.5 cm³/mol. The van der Waals surface area contributed by atoms with Gasteiger partial charge in [-0.05, 0) is 12.5 Å². The molecular weight excluding hydrogens is 250 g/mol. The predicted octanol–water partition coefficient (Wildman–Crippen LogP) is 2.87. The van der Waals surface area contributed by atoms with Crippen LogP contribution in [0.25, 0.3) is 0 Å². The lowest BCUT2D eigenvalue weighted by atomic mass is 10.0. The molecule has 1 N–H and O–H groups in total. The molecule has 0 saturated carbocycles. The van der Waals surface area contributed by atoms with Crippen molar-refractivity contribution in [1.82, 2.24) is 9.97 Å². The van der Waals surface area contributed by atoms with E-state index >= 15 is 0 Å². The first-order valence-corrected chi connectivity index (χ1v) is 5.88. The van der Waals surface area contributed by atoms with Crippen molar-refractivity contribution >= 4 is 23.3 Å². The minimum atomic E-state index is -0.250. The van der Waals surface area contributed by atoms with Gasteiger partial charge in [0.1, 0.15) is 17.3 Å². The van der Waals surface area contributed by atoms with Crippen molar-refractivity contribution in [2.45, 2.75) is 12.8 Å². The van der Waals surface area contributed by atoms with E-state index in [0.29, 0.717) is 11.0 Å². The average molecular weight is 262 g/mol. The zero-order valence-electron chi connectivity index (χ0n) is 9.80. The van der Waals surface area contributed by atoms with Crippen molar-refractivity contribution in [2.24, 2.45) is 0 Å². The van der Waals surface area contributed by atoms with Gasteiger partial charge >= 0.3 is 0 Å². The monoisotopic (exact) mass is 261 g/mol. The molecule has 1 atom stereocenters. The minimum absolute atomic E-state index is 0.129. The van der Waals surface area contributed by atoms with Crippen molar-refractivity contribution in [3.05, 3.63) is 53.4 Å². The molecule has 2 aromatic rings. The summed E-state index contributed by atoms with van der Waals surface area (Å²) in [4.78, 5) is 19.7. The Balaban J connectivity index is 2.09. The number of nitrogens with one attached hydrogen (secondary N) is 1. The number of nitrogens with zero attached hydrogens (tertiary/aromatic N) is 2. The second-order valence-electron chi connectivity index (χ2n) is 3.85. The molecule has 0 bridgehead atoms. The number of anilines is 1. The third kappa shape index (κ3) is 3.05. The molecule has 0 aliphatic rings. The molecule has 2 rings (SSSR count). The van der Waals surface area contributed by atoms with Crippen LogP contribution in [0.1, 0.15) is 18.4 Å². The van der Waals surface area contributed by atoms with E-state index in [4.69, 9.17) is 11.6 Å². The Morgan fingerprint density at radius 2 is 2.00 bits per heavy atom. The van der Waals surface area contributed by atoms with Gasteiger partial charge in [0.05, 0.1) is 5.92 Å². The van der Waals surface area contributed by atoms with Crippen molar-refractivity contribution in [2.75, 3.05) is 5.32 Å². The van der Waals surface area contributed by atoms with E-state index in [1.807, 2.05) is 37.3 Å². The highest BCUT2D eigenvalue weighted by molar-refractivity contribution is 6.29. The van der Waals surface area contributed by atoms with E-state index in [1.165, 1.54) is 12.4 Å². The Labute approximate surface area is 110 Å². The van der Waals surface area contributed by atoms with Crippen molar-refractivity contribution in [3.63, 3.8) is 0 Å². The van der Waals surface area contributed by atoms with Crippen LogP contribution in [-0.2, 0) is 4.79 Å². The fraction of sp³-hybridized carbons (Fsp3) is 0.154. The maximum atomic E-state index is 12.0. The van der Waals surface area contributed by atoms with Gasteiger partial charge < -0.3 is 5.32 Å².